The first-order valence-electron chi connectivity index (χ1n) is 6.33. The van der Waals surface area contributed by atoms with Gasteiger partial charge in [0, 0.05) is 25.7 Å². The number of carboxylic acids is 1. The van der Waals surface area contributed by atoms with E-state index in [1.807, 2.05) is 25.9 Å². The zero-order valence-corrected chi connectivity index (χ0v) is 11.3. The van der Waals surface area contributed by atoms with Gasteiger partial charge in [-0.2, -0.15) is 0 Å². The highest BCUT2D eigenvalue weighted by Crippen LogP contribution is 2.16. The molecule has 1 aliphatic rings. The van der Waals surface area contributed by atoms with Crippen molar-refractivity contribution in [1.82, 2.24) is 15.1 Å². The first-order chi connectivity index (χ1) is 8.41. The summed E-state index contributed by atoms with van der Waals surface area (Å²) in [5.74, 6) is -1.23. The van der Waals surface area contributed by atoms with Crippen LogP contribution in [0.5, 0.6) is 0 Å². The summed E-state index contributed by atoms with van der Waals surface area (Å²) >= 11 is 0. The van der Waals surface area contributed by atoms with E-state index in [2.05, 4.69) is 5.32 Å². The monoisotopic (exact) mass is 257 g/mol. The number of rotatable bonds is 4. The molecule has 2 atom stereocenters. The molecule has 2 unspecified atom stereocenters. The second-order valence-electron chi connectivity index (χ2n) is 5.12. The number of carboxylic acid groups (broad SMARTS) is 1. The number of carbonyl (C=O) groups is 2. The molecule has 0 aromatic heterocycles. The molecule has 18 heavy (non-hydrogen) atoms. The average molecular weight is 257 g/mol. The third-order valence-electron chi connectivity index (χ3n) is 3.49. The van der Waals surface area contributed by atoms with Crippen LogP contribution in [0.1, 0.15) is 19.8 Å². The molecule has 2 amide bonds. The molecule has 2 N–H and O–H groups in total. The van der Waals surface area contributed by atoms with Gasteiger partial charge in [0.25, 0.3) is 0 Å². The van der Waals surface area contributed by atoms with Crippen molar-refractivity contribution in [2.75, 3.05) is 33.7 Å². The Morgan fingerprint density at radius 1 is 1.50 bits per heavy atom. The number of carbonyl (C=O) groups excluding carboxylic acids is 1. The minimum Gasteiger partial charge on any atom is -0.481 e. The number of aliphatic carboxylic acids is 1. The number of likely N-dealkylation sites (N-methyl/N-ethyl adjacent to an activating group) is 1. The molecule has 0 saturated carbocycles. The maximum absolute atomic E-state index is 11.9. The fourth-order valence-electron chi connectivity index (χ4n) is 1.89. The Labute approximate surface area is 108 Å². The van der Waals surface area contributed by atoms with E-state index in [4.69, 9.17) is 5.11 Å². The van der Waals surface area contributed by atoms with Crippen LogP contribution in [0.4, 0.5) is 4.79 Å². The fraction of sp³-hybridized carbons (Fsp3) is 0.833. The van der Waals surface area contributed by atoms with Gasteiger partial charge in [-0.05, 0) is 33.9 Å². The lowest BCUT2D eigenvalue weighted by Crippen LogP contribution is -2.49. The van der Waals surface area contributed by atoms with Gasteiger partial charge in [-0.15, -0.1) is 0 Å². The Balaban J connectivity index is 2.39. The van der Waals surface area contributed by atoms with Crippen molar-refractivity contribution >= 4 is 12.0 Å². The van der Waals surface area contributed by atoms with Crippen LogP contribution in [0.25, 0.3) is 0 Å². The van der Waals surface area contributed by atoms with Crippen molar-refractivity contribution in [3.63, 3.8) is 0 Å². The molecule has 104 valence electrons. The van der Waals surface area contributed by atoms with Crippen molar-refractivity contribution in [2.45, 2.75) is 25.8 Å². The summed E-state index contributed by atoms with van der Waals surface area (Å²) < 4.78 is 0. The van der Waals surface area contributed by atoms with E-state index in [0.717, 1.165) is 6.42 Å². The molecule has 1 fully saturated rings. The normalized spacial score (nSPS) is 21.8. The summed E-state index contributed by atoms with van der Waals surface area (Å²) in [7, 11) is 3.91. The predicted molar refractivity (Wildman–Crippen MR) is 68.5 cm³/mol. The number of amides is 2. The van der Waals surface area contributed by atoms with Gasteiger partial charge in [-0.25, -0.2) is 4.79 Å². The molecule has 1 heterocycles. The number of nitrogens with zero attached hydrogens (tertiary/aromatic N) is 2. The van der Waals surface area contributed by atoms with Gasteiger partial charge in [-0.3, -0.25) is 4.79 Å². The number of piperidine rings is 1. The molecule has 0 spiro atoms. The summed E-state index contributed by atoms with van der Waals surface area (Å²) in [4.78, 5) is 26.4. The van der Waals surface area contributed by atoms with Gasteiger partial charge < -0.3 is 20.2 Å². The maximum Gasteiger partial charge on any atom is 0.317 e. The van der Waals surface area contributed by atoms with Crippen LogP contribution in [0.2, 0.25) is 0 Å². The van der Waals surface area contributed by atoms with Crippen molar-refractivity contribution in [3.8, 4) is 0 Å². The summed E-state index contributed by atoms with van der Waals surface area (Å²) in [6.07, 6.45) is 1.42. The van der Waals surface area contributed by atoms with Crippen molar-refractivity contribution in [2.24, 2.45) is 5.92 Å². The topological polar surface area (TPSA) is 72.9 Å². The molecular formula is C12H23N3O3. The zero-order valence-electron chi connectivity index (χ0n) is 11.3. The van der Waals surface area contributed by atoms with E-state index in [1.165, 1.54) is 0 Å². The number of hydrogen-bond donors (Lipinski definition) is 2. The number of hydrogen-bond acceptors (Lipinski definition) is 3. The molecule has 0 radical (unpaired) electrons. The van der Waals surface area contributed by atoms with E-state index >= 15 is 0 Å². The lowest BCUT2D eigenvalue weighted by Gasteiger charge is -2.31. The molecular weight excluding hydrogens is 234 g/mol. The minimum absolute atomic E-state index is 0.158. The second-order valence-corrected chi connectivity index (χ2v) is 5.12. The van der Waals surface area contributed by atoms with Crippen molar-refractivity contribution < 1.29 is 14.7 Å². The van der Waals surface area contributed by atoms with E-state index in [0.29, 0.717) is 26.1 Å². The van der Waals surface area contributed by atoms with Crippen LogP contribution < -0.4 is 5.32 Å². The highest BCUT2D eigenvalue weighted by molar-refractivity contribution is 5.76. The van der Waals surface area contributed by atoms with Gasteiger partial charge in [0.15, 0.2) is 0 Å². The molecule has 0 bridgehead atoms. The van der Waals surface area contributed by atoms with Crippen LogP contribution >= 0.6 is 0 Å². The average Bonchev–Trinajstić information content (AvgIpc) is 2.35. The van der Waals surface area contributed by atoms with Gasteiger partial charge in [-0.1, -0.05) is 0 Å². The highest BCUT2D eigenvalue weighted by atomic mass is 16.4. The first kappa shape index (κ1) is 14.8. The Morgan fingerprint density at radius 2 is 2.17 bits per heavy atom. The third-order valence-corrected chi connectivity index (χ3v) is 3.49. The van der Waals surface area contributed by atoms with Gasteiger partial charge in [0.2, 0.25) is 0 Å². The third kappa shape index (κ3) is 4.18. The zero-order chi connectivity index (χ0) is 13.7. The number of urea groups is 1. The molecule has 0 aliphatic carbocycles. The van der Waals surface area contributed by atoms with Gasteiger partial charge in [0.05, 0.1) is 5.92 Å². The first-order valence-corrected chi connectivity index (χ1v) is 6.33. The molecule has 0 aromatic rings. The molecule has 1 saturated heterocycles. The lowest BCUT2D eigenvalue weighted by molar-refractivity contribution is -0.143. The Bertz CT molecular complexity index is 307. The summed E-state index contributed by atoms with van der Waals surface area (Å²) in [5, 5.41) is 11.8. The van der Waals surface area contributed by atoms with E-state index in [1.54, 1.807) is 4.90 Å². The van der Waals surface area contributed by atoms with Crippen molar-refractivity contribution in [1.29, 1.82) is 0 Å². The minimum atomic E-state index is -0.811. The molecule has 6 heteroatoms. The number of nitrogens with one attached hydrogen (secondary N) is 1. The Morgan fingerprint density at radius 3 is 2.72 bits per heavy atom. The van der Waals surface area contributed by atoms with Gasteiger partial charge in [0.1, 0.15) is 0 Å². The summed E-state index contributed by atoms with van der Waals surface area (Å²) in [6.45, 7) is 3.56. The summed E-state index contributed by atoms with van der Waals surface area (Å²) in [5.41, 5.74) is 0. The standard InChI is InChI=1S/C12H23N3O3/c1-9(14(2)3)7-13-12(18)15-6-4-5-10(8-15)11(16)17/h9-10H,4-8H2,1-3H3,(H,13,18)(H,16,17). The van der Waals surface area contributed by atoms with Crippen LogP contribution in [0.15, 0.2) is 0 Å². The maximum atomic E-state index is 11.9. The molecule has 1 aliphatic heterocycles. The quantitative estimate of drug-likeness (QED) is 0.766. The predicted octanol–water partition coefficient (Wildman–Crippen LogP) is 0.443. The van der Waals surface area contributed by atoms with Crippen LogP contribution in [0.3, 0.4) is 0 Å². The SMILES string of the molecule is CC(CNC(=O)N1CCCC(C(=O)O)C1)N(C)C. The largest absolute Gasteiger partial charge is 0.481 e. The lowest BCUT2D eigenvalue weighted by atomic mass is 9.99. The molecule has 0 aromatic carbocycles. The molecule has 6 nitrogen and oxygen atoms in total. The van der Waals surface area contributed by atoms with E-state index in [9.17, 15) is 9.59 Å². The highest BCUT2D eigenvalue weighted by Gasteiger charge is 2.28. The van der Waals surface area contributed by atoms with Crippen LogP contribution in [-0.4, -0.2) is 66.7 Å². The van der Waals surface area contributed by atoms with E-state index in [-0.39, 0.29) is 12.1 Å². The Kier molecular flexibility index (Phi) is 5.40. The van der Waals surface area contributed by atoms with Crippen molar-refractivity contribution in [3.05, 3.63) is 0 Å². The van der Waals surface area contributed by atoms with Crippen LogP contribution in [0, 0.1) is 5.92 Å². The van der Waals surface area contributed by atoms with E-state index < -0.39 is 11.9 Å². The smallest absolute Gasteiger partial charge is 0.317 e. The second kappa shape index (κ2) is 6.58. The fourth-order valence-corrected chi connectivity index (χ4v) is 1.89. The van der Waals surface area contributed by atoms with Gasteiger partial charge >= 0.3 is 12.0 Å². The molecule has 1 rings (SSSR count). The summed E-state index contributed by atoms with van der Waals surface area (Å²) in [6, 6.07) is 0.101. The van der Waals surface area contributed by atoms with Crippen LogP contribution in [-0.2, 0) is 4.79 Å². The Hall–Kier alpha value is -1.30. The number of likely N-dealkylation sites (tertiary alicyclic amines) is 1.